The molecular weight excluding hydrogens is 402 g/mol. The Hall–Kier alpha value is -3.51. The Morgan fingerprint density at radius 1 is 0.733 bits per heavy atom. The van der Waals surface area contributed by atoms with E-state index in [0.717, 1.165) is 33.4 Å². The summed E-state index contributed by atoms with van der Waals surface area (Å²) in [4.78, 5) is 8.62. The normalized spacial score (nSPS) is 10.2. The Morgan fingerprint density at radius 3 is 2.07 bits per heavy atom. The lowest BCUT2D eigenvalue weighted by atomic mass is 10.0. The number of benzene rings is 2. The maximum atomic E-state index is 5.45. The first-order valence-electron chi connectivity index (χ1n) is 9.09. The van der Waals surface area contributed by atoms with Crippen molar-refractivity contribution < 1.29 is 14.2 Å². The van der Waals surface area contributed by atoms with Crippen molar-refractivity contribution in [2.75, 3.05) is 26.6 Å². The molecule has 0 atom stereocenters. The Labute approximate surface area is 181 Å². The average molecular weight is 424 g/mol. The molecule has 0 saturated heterocycles. The summed E-state index contributed by atoms with van der Waals surface area (Å²) >= 11 is 0. The number of halogens is 1. The summed E-state index contributed by atoms with van der Waals surface area (Å²) in [5, 5.41) is 4.45. The molecule has 0 unspecified atom stereocenters. The van der Waals surface area contributed by atoms with Crippen molar-refractivity contribution in [3.63, 3.8) is 0 Å². The van der Waals surface area contributed by atoms with Crippen LogP contribution >= 0.6 is 12.4 Å². The zero-order valence-corrected chi connectivity index (χ0v) is 17.7. The van der Waals surface area contributed by atoms with Gasteiger partial charge in [0.05, 0.1) is 26.8 Å². The van der Waals surface area contributed by atoms with Gasteiger partial charge in [0.1, 0.15) is 0 Å². The summed E-state index contributed by atoms with van der Waals surface area (Å²) < 4.78 is 16.3. The highest BCUT2D eigenvalue weighted by atomic mass is 35.5. The van der Waals surface area contributed by atoms with Crippen LogP contribution in [0.3, 0.4) is 0 Å². The zero-order chi connectivity index (χ0) is 20.2. The molecule has 0 fully saturated rings. The molecule has 4 rings (SSSR count). The second-order valence-corrected chi connectivity index (χ2v) is 6.37. The van der Waals surface area contributed by atoms with E-state index in [9.17, 15) is 0 Å². The van der Waals surface area contributed by atoms with E-state index < -0.39 is 0 Å². The number of hydrogen-bond donors (Lipinski definition) is 1. The van der Waals surface area contributed by atoms with Gasteiger partial charge in [0.15, 0.2) is 11.5 Å². The van der Waals surface area contributed by atoms with E-state index in [-0.39, 0.29) is 12.4 Å². The van der Waals surface area contributed by atoms with Crippen LogP contribution in [0.4, 0.5) is 11.4 Å². The molecule has 0 aliphatic rings. The van der Waals surface area contributed by atoms with Crippen molar-refractivity contribution in [1.82, 2.24) is 9.97 Å². The van der Waals surface area contributed by atoms with Gasteiger partial charge in [0.2, 0.25) is 5.75 Å². The summed E-state index contributed by atoms with van der Waals surface area (Å²) in [6.07, 6.45) is 5.36. The number of nitrogens with zero attached hydrogens (tertiary/aromatic N) is 2. The molecule has 4 aromatic rings. The number of ether oxygens (including phenoxy) is 3. The van der Waals surface area contributed by atoms with Gasteiger partial charge in [-0.3, -0.25) is 9.97 Å². The highest BCUT2D eigenvalue weighted by molar-refractivity contribution is 5.95. The van der Waals surface area contributed by atoms with E-state index in [1.807, 2.05) is 30.3 Å². The van der Waals surface area contributed by atoms with Crippen molar-refractivity contribution >= 4 is 34.7 Å². The molecule has 0 radical (unpaired) electrons. The van der Waals surface area contributed by atoms with Crippen molar-refractivity contribution in [1.29, 1.82) is 0 Å². The number of pyridine rings is 2. The zero-order valence-electron chi connectivity index (χ0n) is 16.9. The van der Waals surface area contributed by atoms with Crippen LogP contribution in [0.5, 0.6) is 17.2 Å². The van der Waals surface area contributed by atoms with Crippen molar-refractivity contribution in [2.45, 2.75) is 0 Å². The molecule has 0 aliphatic carbocycles. The summed E-state index contributed by atoms with van der Waals surface area (Å²) in [6.45, 7) is 0. The third kappa shape index (κ3) is 4.09. The summed E-state index contributed by atoms with van der Waals surface area (Å²) in [5.41, 5.74) is 4.86. The van der Waals surface area contributed by atoms with Crippen LogP contribution in [0.15, 0.2) is 67.1 Å². The highest BCUT2D eigenvalue weighted by Crippen LogP contribution is 2.41. The second kappa shape index (κ2) is 9.33. The van der Waals surface area contributed by atoms with Crippen molar-refractivity contribution in [2.24, 2.45) is 0 Å². The lowest BCUT2D eigenvalue weighted by Gasteiger charge is -2.16. The smallest absolute Gasteiger partial charge is 0.203 e. The number of aromatic nitrogens is 2. The summed E-state index contributed by atoms with van der Waals surface area (Å²) in [7, 11) is 4.79. The van der Waals surface area contributed by atoms with E-state index in [1.165, 1.54) is 0 Å². The van der Waals surface area contributed by atoms with E-state index in [4.69, 9.17) is 14.2 Å². The molecule has 0 saturated carbocycles. The molecular formula is C23H22ClN3O3. The van der Waals surface area contributed by atoms with Gasteiger partial charge in [-0.2, -0.15) is 0 Å². The molecule has 154 valence electrons. The topological polar surface area (TPSA) is 65.5 Å². The molecule has 6 nitrogen and oxygen atoms in total. The SMILES string of the molecule is COc1cc(Nc2ccnc3cc(-c4ccncc4)ccc23)cc(OC)c1OC.Cl. The van der Waals surface area contributed by atoms with Gasteiger partial charge in [-0.1, -0.05) is 12.1 Å². The Morgan fingerprint density at radius 2 is 1.43 bits per heavy atom. The average Bonchev–Trinajstić information content (AvgIpc) is 2.78. The molecule has 0 aliphatic heterocycles. The molecule has 7 heteroatoms. The van der Waals surface area contributed by atoms with Crippen LogP contribution < -0.4 is 19.5 Å². The molecule has 0 spiro atoms. The summed E-state index contributed by atoms with van der Waals surface area (Å²) in [6, 6.07) is 15.9. The van der Waals surface area contributed by atoms with E-state index >= 15 is 0 Å². The number of rotatable bonds is 6. The minimum atomic E-state index is 0. The van der Waals surface area contributed by atoms with Crippen molar-refractivity contribution in [3.8, 4) is 28.4 Å². The number of fused-ring (bicyclic) bond motifs is 1. The molecule has 2 aromatic heterocycles. The highest BCUT2D eigenvalue weighted by Gasteiger charge is 2.14. The fourth-order valence-electron chi connectivity index (χ4n) is 3.29. The first-order valence-corrected chi connectivity index (χ1v) is 9.09. The van der Waals surface area contributed by atoms with Gasteiger partial charge >= 0.3 is 0 Å². The lowest BCUT2D eigenvalue weighted by molar-refractivity contribution is 0.324. The van der Waals surface area contributed by atoms with Gasteiger partial charge in [-0.15, -0.1) is 12.4 Å². The lowest BCUT2D eigenvalue weighted by Crippen LogP contribution is -1.98. The largest absolute Gasteiger partial charge is 0.493 e. The fourth-order valence-corrected chi connectivity index (χ4v) is 3.29. The maximum absolute atomic E-state index is 5.45. The molecule has 0 amide bonds. The first kappa shape index (κ1) is 21.2. The Kier molecular flexibility index (Phi) is 6.59. The van der Waals surface area contributed by atoms with Crippen LogP contribution in [0.2, 0.25) is 0 Å². The van der Waals surface area contributed by atoms with Gasteiger partial charge in [-0.05, 0) is 35.4 Å². The van der Waals surface area contributed by atoms with Crippen molar-refractivity contribution in [3.05, 3.63) is 67.1 Å². The standard InChI is InChI=1S/C23H21N3O3.ClH/c1-27-21-13-17(14-22(28-2)23(21)29-3)26-19-8-11-25-20-12-16(4-5-18(19)20)15-6-9-24-10-7-15;/h4-14H,1-3H3,(H,25,26);1H. The monoisotopic (exact) mass is 423 g/mol. The third-order valence-electron chi connectivity index (χ3n) is 4.70. The number of anilines is 2. The van der Waals surface area contributed by atoms with Crippen LogP contribution in [-0.4, -0.2) is 31.3 Å². The number of methoxy groups -OCH3 is 3. The third-order valence-corrected chi connectivity index (χ3v) is 4.70. The maximum Gasteiger partial charge on any atom is 0.203 e. The number of hydrogen-bond acceptors (Lipinski definition) is 6. The minimum Gasteiger partial charge on any atom is -0.493 e. The van der Waals surface area contributed by atoms with E-state index in [1.54, 1.807) is 39.9 Å². The van der Waals surface area contributed by atoms with Crippen LogP contribution in [0.1, 0.15) is 0 Å². The van der Waals surface area contributed by atoms with E-state index in [2.05, 4.69) is 33.5 Å². The quantitative estimate of drug-likeness (QED) is 0.442. The van der Waals surface area contributed by atoms with E-state index in [0.29, 0.717) is 17.2 Å². The molecule has 2 aromatic carbocycles. The Bertz CT molecular complexity index is 1130. The van der Waals surface area contributed by atoms with Gasteiger partial charge in [0.25, 0.3) is 0 Å². The minimum absolute atomic E-state index is 0. The predicted molar refractivity (Wildman–Crippen MR) is 122 cm³/mol. The molecule has 1 N–H and O–H groups in total. The van der Waals surface area contributed by atoms with Gasteiger partial charge in [-0.25, -0.2) is 0 Å². The second-order valence-electron chi connectivity index (χ2n) is 6.37. The molecule has 0 bridgehead atoms. The predicted octanol–water partition coefficient (Wildman–Crippen LogP) is 5.49. The first-order chi connectivity index (χ1) is 14.2. The summed E-state index contributed by atoms with van der Waals surface area (Å²) in [5.74, 6) is 1.74. The molecule has 30 heavy (non-hydrogen) atoms. The number of nitrogens with one attached hydrogen (secondary N) is 1. The molecule has 2 heterocycles. The van der Waals surface area contributed by atoms with Crippen LogP contribution in [0.25, 0.3) is 22.0 Å². The fraction of sp³-hybridized carbons (Fsp3) is 0.130. The van der Waals surface area contributed by atoms with Crippen LogP contribution in [0, 0.1) is 0 Å². The Balaban J connectivity index is 0.00000256. The van der Waals surface area contributed by atoms with Crippen LogP contribution in [-0.2, 0) is 0 Å². The van der Waals surface area contributed by atoms with Gasteiger partial charge < -0.3 is 19.5 Å². The van der Waals surface area contributed by atoms with Gasteiger partial charge in [0, 0.05) is 47.5 Å².